The molecule has 0 aliphatic rings. The zero-order valence-electron chi connectivity index (χ0n) is 5.15. The van der Waals surface area contributed by atoms with E-state index in [1.54, 1.807) is 0 Å². The number of nitrogens with zero attached hydrogens (tertiary/aromatic N) is 3. The third-order valence-electron chi connectivity index (χ3n) is 0.914. The van der Waals surface area contributed by atoms with E-state index in [0.717, 1.165) is 0 Å². The molecule has 0 aromatic carbocycles. The minimum absolute atomic E-state index is 0. The quantitative estimate of drug-likeness (QED) is 0.326. The Hall–Kier alpha value is -0.460. The maximum absolute atomic E-state index is 9.65. The van der Waals surface area contributed by atoms with Crippen LogP contribution in [0.3, 0.4) is 0 Å². The molecular weight excluding hydrogens is 159 g/mol. The topological polar surface area (TPSA) is 80.8 Å². The number of hydrogen-bond acceptors (Lipinski definition) is 5. The molecule has 1 aromatic heterocycles. The molecule has 0 aliphatic heterocycles. The summed E-state index contributed by atoms with van der Waals surface area (Å²) in [6.45, 7) is 0.699. The molecule has 0 bridgehead atoms. The number of nitrogens with one attached hydrogen (secondary N) is 1. The van der Waals surface area contributed by atoms with Gasteiger partial charge in [-0.2, -0.15) is 0 Å². The molecule has 0 amide bonds. The molecule has 6 nitrogen and oxygen atoms in total. The first-order valence-electron chi connectivity index (χ1n) is 2.71. The number of hydrogen-bond donors (Lipinski definition) is 1. The molecule has 56 valence electrons. The number of tetrazole rings is 1. The van der Waals surface area contributed by atoms with E-state index < -0.39 is 0 Å². The van der Waals surface area contributed by atoms with Gasteiger partial charge >= 0.3 is 29.6 Å². The van der Waals surface area contributed by atoms with E-state index in [0.29, 0.717) is 25.3 Å². The Kier molecular flexibility index (Phi) is 6.00. The van der Waals surface area contributed by atoms with Gasteiger partial charge in [0.2, 0.25) is 0 Å². The molecule has 1 N–H and O–H groups in total. The summed E-state index contributed by atoms with van der Waals surface area (Å²) >= 11 is 0. The fraction of sp³-hybridized carbons (Fsp3) is 0.500. The van der Waals surface area contributed by atoms with Gasteiger partial charge in [0.1, 0.15) is 0 Å². The second-order valence-corrected chi connectivity index (χ2v) is 1.56. The van der Waals surface area contributed by atoms with Gasteiger partial charge in [-0.1, -0.05) is 0 Å². The van der Waals surface area contributed by atoms with E-state index in [9.17, 15) is 4.79 Å². The third kappa shape index (κ3) is 4.07. The van der Waals surface area contributed by atoms with Crippen LogP contribution in [0.5, 0.6) is 0 Å². The molecule has 0 unspecified atom stereocenters. The Balaban J connectivity index is 0.000001000. The zero-order chi connectivity index (χ0) is 7.23. The minimum atomic E-state index is 0. The zero-order valence-corrected chi connectivity index (χ0v) is 5.15. The van der Waals surface area contributed by atoms with E-state index >= 15 is 0 Å². The molecule has 1 heterocycles. The molecule has 0 saturated heterocycles. The van der Waals surface area contributed by atoms with E-state index in [1.807, 2.05) is 0 Å². The van der Waals surface area contributed by atoms with Crippen LogP contribution in [0.1, 0.15) is 5.82 Å². The van der Waals surface area contributed by atoms with Gasteiger partial charge in [-0.25, -0.2) is 5.10 Å². The van der Waals surface area contributed by atoms with Crippen molar-refractivity contribution in [3.8, 4) is 0 Å². The van der Waals surface area contributed by atoms with Crippen LogP contribution in [0.2, 0.25) is 0 Å². The Morgan fingerprint density at radius 1 is 1.64 bits per heavy atom. The molecule has 11 heavy (non-hydrogen) atoms. The number of aromatic amines is 1. The summed E-state index contributed by atoms with van der Waals surface area (Å²) < 4.78 is 4.41. The summed E-state index contributed by atoms with van der Waals surface area (Å²) in [4.78, 5) is 9.65. The molecule has 0 radical (unpaired) electrons. The first kappa shape index (κ1) is 10.5. The van der Waals surface area contributed by atoms with Gasteiger partial charge in [0.15, 0.2) is 5.82 Å². The van der Waals surface area contributed by atoms with Crippen molar-refractivity contribution in [2.75, 3.05) is 6.61 Å². The molecule has 0 aliphatic carbocycles. The van der Waals surface area contributed by atoms with Crippen LogP contribution in [0.15, 0.2) is 0 Å². The SMILES string of the molecule is O=COCCc1nnn[nH]1.[NaH]. The van der Waals surface area contributed by atoms with Crippen LogP contribution >= 0.6 is 0 Å². The Morgan fingerprint density at radius 3 is 3.00 bits per heavy atom. The first-order valence-corrected chi connectivity index (χ1v) is 2.71. The van der Waals surface area contributed by atoms with Crippen LogP contribution < -0.4 is 0 Å². The van der Waals surface area contributed by atoms with Crippen molar-refractivity contribution in [1.82, 2.24) is 20.6 Å². The molecule has 0 fully saturated rings. The summed E-state index contributed by atoms with van der Waals surface area (Å²) in [7, 11) is 0. The van der Waals surface area contributed by atoms with Crippen molar-refractivity contribution in [1.29, 1.82) is 0 Å². The van der Waals surface area contributed by atoms with Crippen LogP contribution in [0.25, 0.3) is 0 Å². The van der Waals surface area contributed by atoms with Crippen molar-refractivity contribution >= 4 is 36.0 Å². The number of carbonyl (C=O) groups is 1. The van der Waals surface area contributed by atoms with Crippen molar-refractivity contribution in [3.63, 3.8) is 0 Å². The fourth-order valence-corrected chi connectivity index (χ4v) is 0.488. The Morgan fingerprint density at radius 2 is 2.45 bits per heavy atom. The fourth-order valence-electron chi connectivity index (χ4n) is 0.488. The molecule has 0 spiro atoms. The predicted octanol–water partition coefficient (Wildman–Crippen LogP) is -1.73. The van der Waals surface area contributed by atoms with E-state index in [2.05, 4.69) is 25.4 Å². The number of rotatable bonds is 4. The van der Waals surface area contributed by atoms with Crippen LogP contribution in [0.4, 0.5) is 0 Å². The standard InChI is InChI=1S/C4H6N4O2.Na.H/c9-3-10-2-1-4-5-7-8-6-4;;/h3H,1-2H2,(H,5,6,7,8);;. The van der Waals surface area contributed by atoms with E-state index in [4.69, 9.17) is 0 Å². The summed E-state index contributed by atoms with van der Waals surface area (Å²) in [6.07, 6.45) is 0.520. The molecule has 7 heteroatoms. The summed E-state index contributed by atoms with van der Waals surface area (Å²) in [6, 6.07) is 0. The number of H-pyrrole nitrogens is 1. The average molecular weight is 166 g/mol. The second-order valence-electron chi connectivity index (χ2n) is 1.56. The number of aromatic nitrogens is 4. The van der Waals surface area contributed by atoms with Gasteiger partial charge in [0, 0.05) is 6.42 Å². The summed E-state index contributed by atoms with van der Waals surface area (Å²) in [5.41, 5.74) is 0. The van der Waals surface area contributed by atoms with Crippen molar-refractivity contribution in [3.05, 3.63) is 5.82 Å². The predicted molar refractivity (Wildman–Crippen MR) is 37.0 cm³/mol. The molecular formula is C4H7N4NaO2. The third-order valence-corrected chi connectivity index (χ3v) is 0.914. The van der Waals surface area contributed by atoms with Gasteiger partial charge in [-0.05, 0) is 10.4 Å². The second kappa shape index (κ2) is 6.26. The Bertz CT molecular complexity index is 190. The number of carbonyl (C=O) groups excluding carboxylic acids is 1. The van der Waals surface area contributed by atoms with Gasteiger partial charge in [-0.3, -0.25) is 4.79 Å². The van der Waals surface area contributed by atoms with Crippen molar-refractivity contribution < 1.29 is 9.53 Å². The van der Waals surface area contributed by atoms with Crippen molar-refractivity contribution in [2.45, 2.75) is 6.42 Å². The van der Waals surface area contributed by atoms with Crippen LogP contribution in [-0.4, -0.2) is 63.3 Å². The van der Waals surface area contributed by atoms with Gasteiger partial charge in [0.25, 0.3) is 6.47 Å². The molecule has 1 rings (SSSR count). The van der Waals surface area contributed by atoms with E-state index in [-0.39, 0.29) is 29.6 Å². The number of ether oxygens (including phenoxy) is 1. The van der Waals surface area contributed by atoms with Gasteiger partial charge in [0.05, 0.1) is 6.61 Å². The van der Waals surface area contributed by atoms with Crippen LogP contribution in [-0.2, 0) is 16.0 Å². The first-order chi connectivity index (χ1) is 4.93. The van der Waals surface area contributed by atoms with E-state index in [1.165, 1.54) is 0 Å². The normalized spacial score (nSPS) is 8.36. The molecule has 0 atom stereocenters. The monoisotopic (exact) mass is 166 g/mol. The Labute approximate surface area is 85.0 Å². The van der Waals surface area contributed by atoms with Gasteiger partial charge < -0.3 is 4.74 Å². The van der Waals surface area contributed by atoms with Crippen molar-refractivity contribution in [2.24, 2.45) is 0 Å². The molecule has 0 saturated carbocycles. The molecule has 1 aromatic rings. The summed E-state index contributed by atoms with van der Waals surface area (Å²) in [5, 5.41) is 12.8. The van der Waals surface area contributed by atoms with Crippen LogP contribution in [0, 0.1) is 0 Å². The maximum atomic E-state index is 9.65. The average Bonchev–Trinajstić information content (AvgIpc) is 2.41. The van der Waals surface area contributed by atoms with Gasteiger partial charge in [-0.15, -0.1) is 5.10 Å². The summed E-state index contributed by atoms with van der Waals surface area (Å²) in [5.74, 6) is 0.613.